The van der Waals surface area contributed by atoms with Crippen LogP contribution in [-0.2, 0) is 6.42 Å². The molecule has 0 bridgehead atoms. The van der Waals surface area contributed by atoms with E-state index in [4.69, 9.17) is 4.74 Å². The maximum atomic E-state index is 13.4. The van der Waals surface area contributed by atoms with Gasteiger partial charge in [0.15, 0.2) is 0 Å². The summed E-state index contributed by atoms with van der Waals surface area (Å²) in [6.07, 6.45) is 2.89. The largest absolute Gasteiger partial charge is 0.496 e. The van der Waals surface area contributed by atoms with Crippen LogP contribution in [-0.4, -0.2) is 36.6 Å². The molecule has 0 aliphatic heterocycles. The van der Waals surface area contributed by atoms with Crippen LogP contribution in [0.2, 0.25) is 0 Å². The Hall–Kier alpha value is -1.55. The van der Waals surface area contributed by atoms with E-state index in [0.29, 0.717) is 5.75 Å². The second-order valence-electron chi connectivity index (χ2n) is 4.62. The van der Waals surface area contributed by atoms with Gasteiger partial charge in [0.05, 0.1) is 12.6 Å². The zero-order valence-corrected chi connectivity index (χ0v) is 11.8. The summed E-state index contributed by atoms with van der Waals surface area (Å²) in [5.74, 6) is 0.326. The molecule has 3 nitrogen and oxygen atoms in total. The van der Waals surface area contributed by atoms with Crippen LogP contribution >= 0.6 is 0 Å². The molecule has 0 spiro atoms. The summed E-state index contributed by atoms with van der Waals surface area (Å²) in [7, 11) is 1.58. The van der Waals surface area contributed by atoms with E-state index >= 15 is 0 Å². The van der Waals surface area contributed by atoms with Gasteiger partial charge in [0.2, 0.25) is 0 Å². The predicted octanol–water partition coefficient (Wildman–Crippen LogP) is 3.20. The lowest BCUT2D eigenvalue weighted by molar-refractivity contribution is 0.308. The third kappa shape index (κ3) is 2.89. The monoisotopic (exact) mass is 264 g/mol. The number of halogens is 1. The summed E-state index contributed by atoms with van der Waals surface area (Å²) in [6.45, 7) is 7.42. The molecule has 1 heterocycles. The number of ether oxygens (including phenoxy) is 1. The van der Waals surface area contributed by atoms with Crippen molar-refractivity contribution in [2.24, 2.45) is 0 Å². The lowest BCUT2D eigenvalue weighted by Gasteiger charge is -2.17. The molecular weight excluding hydrogens is 243 g/mol. The third-order valence-electron chi connectivity index (χ3n) is 3.60. The fraction of sp³-hybridized carbons (Fsp3) is 0.467. The van der Waals surface area contributed by atoms with Gasteiger partial charge >= 0.3 is 0 Å². The molecule has 0 atom stereocenters. The molecule has 0 amide bonds. The molecule has 1 aromatic carbocycles. The maximum absolute atomic E-state index is 13.4. The van der Waals surface area contributed by atoms with Crippen molar-refractivity contribution < 1.29 is 9.13 Å². The Kier molecular flexibility index (Phi) is 4.43. The maximum Gasteiger partial charge on any atom is 0.131 e. The van der Waals surface area contributed by atoms with Crippen molar-refractivity contribution in [2.75, 3.05) is 26.7 Å². The second kappa shape index (κ2) is 6.06. The standard InChI is InChI=1S/C15H21FN2O/c1-4-18(5-2)7-6-11-10-17-13-8-12(16)9-14(19-3)15(11)13/h8-10,17H,4-7H2,1-3H3. The van der Waals surface area contributed by atoms with E-state index in [1.807, 2.05) is 6.20 Å². The first-order chi connectivity index (χ1) is 9.19. The lowest BCUT2D eigenvalue weighted by Crippen LogP contribution is -2.25. The summed E-state index contributed by atoms with van der Waals surface area (Å²) < 4.78 is 18.7. The van der Waals surface area contributed by atoms with Crippen LogP contribution in [0.3, 0.4) is 0 Å². The van der Waals surface area contributed by atoms with Gasteiger partial charge in [-0.2, -0.15) is 0 Å². The summed E-state index contributed by atoms with van der Waals surface area (Å²) in [5, 5.41) is 0.996. The van der Waals surface area contributed by atoms with Crippen molar-refractivity contribution in [2.45, 2.75) is 20.3 Å². The molecule has 19 heavy (non-hydrogen) atoms. The van der Waals surface area contributed by atoms with Crippen molar-refractivity contribution in [1.29, 1.82) is 0 Å². The highest BCUT2D eigenvalue weighted by Gasteiger charge is 2.12. The fourth-order valence-electron chi connectivity index (χ4n) is 2.44. The van der Waals surface area contributed by atoms with Crippen LogP contribution in [0, 0.1) is 5.82 Å². The van der Waals surface area contributed by atoms with Gasteiger partial charge < -0.3 is 14.6 Å². The van der Waals surface area contributed by atoms with E-state index in [1.165, 1.54) is 17.7 Å². The average molecular weight is 264 g/mol. The van der Waals surface area contributed by atoms with Crippen molar-refractivity contribution in [1.82, 2.24) is 9.88 Å². The number of fused-ring (bicyclic) bond motifs is 1. The zero-order valence-electron chi connectivity index (χ0n) is 11.8. The molecule has 0 radical (unpaired) electrons. The Balaban J connectivity index is 2.29. The van der Waals surface area contributed by atoms with Gasteiger partial charge in [-0.15, -0.1) is 0 Å². The molecule has 0 aliphatic carbocycles. The van der Waals surface area contributed by atoms with E-state index in [9.17, 15) is 4.39 Å². The number of likely N-dealkylation sites (N-methyl/N-ethyl adjacent to an activating group) is 1. The predicted molar refractivity (Wildman–Crippen MR) is 76.3 cm³/mol. The summed E-state index contributed by atoms with van der Waals surface area (Å²) in [6, 6.07) is 2.95. The highest BCUT2D eigenvalue weighted by Crippen LogP contribution is 2.30. The summed E-state index contributed by atoms with van der Waals surface area (Å²) >= 11 is 0. The molecule has 0 aliphatic rings. The number of H-pyrrole nitrogens is 1. The minimum Gasteiger partial charge on any atom is -0.496 e. The molecule has 0 saturated heterocycles. The number of rotatable bonds is 6. The first kappa shape index (κ1) is 13.9. The van der Waals surface area contributed by atoms with Gasteiger partial charge in [-0.05, 0) is 31.1 Å². The highest BCUT2D eigenvalue weighted by molar-refractivity contribution is 5.89. The molecule has 2 aromatic rings. The topological polar surface area (TPSA) is 28.3 Å². The molecule has 2 rings (SSSR count). The zero-order chi connectivity index (χ0) is 13.8. The number of hydrogen-bond acceptors (Lipinski definition) is 2. The van der Waals surface area contributed by atoms with Gasteiger partial charge in [0.25, 0.3) is 0 Å². The number of nitrogens with zero attached hydrogens (tertiary/aromatic N) is 1. The third-order valence-corrected chi connectivity index (χ3v) is 3.60. The van der Waals surface area contributed by atoms with Crippen molar-refractivity contribution in [3.63, 3.8) is 0 Å². The number of nitrogens with one attached hydrogen (secondary N) is 1. The molecular formula is C15H21FN2O. The van der Waals surface area contributed by atoms with Gasteiger partial charge in [0, 0.05) is 24.2 Å². The highest BCUT2D eigenvalue weighted by atomic mass is 19.1. The molecule has 104 valence electrons. The Morgan fingerprint density at radius 2 is 2.00 bits per heavy atom. The first-order valence-corrected chi connectivity index (χ1v) is 6.75. The van der Waals surface area contributed by atoms with Gasteiger partial charge in [-0.1, -0.05) is 13.8 Å². The molecule has 1 aromatic heterocycles. The summed E-state index contributed by atoms with van der Waals surface area (Å²) in [4.78, 5) is 5.49. The smallest absolute Gasteiger partial charge is 0.131 e. The van der Waals surface area contributed by atoms with Crippen molar-refractivity contribution in [3.8, 4) is 5.75 Å². The summed E-state index contributed by atoms with van der Waals surface area (Å²) in [5.41, 5.74) is 1.98. The van der Waals surface area contributed by atoms with Crippen molar-refractivity contribution >= 4 is 10.9 Å². The lowest BCUT2D eigenvalue weighted by atomic mass is 10.1. The minimum atomic E-state index is -0.276. The Morgan fingerprint density at radius 3 is 2.63 bits per heavy atom. The molecule has 1 N–H and O–H groups in total. The normalized spacial score (nSPS) is 11.4. The average Bonchev–Trinajstić information content (AvgIpc) is 2.82. The number of aromatic nitrogens is 1. The van der Waals surface area contributed by atoms with E-state index < -0.39 is 0 Å². The molecule has 0 fully saturated rings. The van der Waals surface area contributed by atoms with E-state index in [1.54, 1.807) is 7.11 Å². The van der Waals surface area contributed by atoms with Crippen LogP contribution in [0.25, 0.3) is 10.9 Å². The molecule has 0 saturated carbocycles. The number of methoxy groups -OCH3 is 1. The van der Waals surface area contributed by atoms with Crippen LogP contribution < -0.4 is 4.74 Å². The van der Waals surface area contributed by atoms with Crippen molar-refractivity contribution in [3.05, 3.63) is 29.7 Å². The first-order valence-electron chi connectivity index (χ1n) is 6.75. The minimum absolute atomic E-state index is 0.276. The molecule has 4 heteroatoms. The van der Waals surface area contributed by atoms with Gasteiger partial charge in [-0.25, -0.2) is 4.39 Å². The Morgan fingerprint density at radius 1 is 1.26 bits per heavy atom. The SMILES string of the molecule is CCN(CC)CCc1c[nH]c2cc(F)cc(OC)c12. The quantitative estimate of drug-likeness (QED) is 0.868. The van der Waals surface area contributed by atoms with E-state index in [0.717, 1.165) is 37.0 Å². The van der Waals surface area contributed by atoms with Gasteiger partial charge in [0.1, 0.15) is 11.6 Å². The number of benzene rings is 1. The fourth-order valence-corrected chi connectivity index (χ4v) is 2.44. The van der Waals surface area contributed by atoms with Gasteiger partial charge in [-0.3, -0.25) is 0 Å². The molecule has 0 unspecified atom stereocenters. The number of aromatic amines is 1. The van der Waals surface area contributed by atoms with E-state index in [-0.39, 0.29) is 5.82 Å². The Labute approximate surface area is 113 Å². The van der Waals surface area contributed by atoms with Crippen LogP contribution in [0.1, 0.15) is 19.4 Å². The van der Waals surface area contributed by atoms with Crippen LogP contribution in [0.15, 0.2) is 18.3 Å². The van der Waals surface area contributed by atoms with Crippen LogP contribution in [0.4, 0.5) is 4.39 Å². The second-order valence-corrected chi connectivity index (χ2v) is 4.62. The Bertz CT molecular complexity index is 546. The van der Waals surface area contributed by atoms with E-state index in [2.05, 4.69) is 23.7 Å². The number of hydrogen-bond donors (Lipinski definition) is 1. The van der Waals surface area contributed by atoms with Crippen LogP contribution in [0.5, 0.6) is 5.75 Å².